The van der Waals surface area contributed by atoms with Crippen LogP contribution in [0, 0.1) is 17.3 Å². The molecule has 0 fully saturated rings. The zero-order chi connectivity index (χ0) is 15.2. The summed E-state index contributed by atoms with van der Waals surface area (Å²) in [7, 11) is 3.11. The van der Waals surface area contributed by atoms with Crippen LogP contribution in [0.2, 0.25) is 0 Å². The van der Waals surface area contributed by atoms with Crippen molar-refractivity contribution in [2.24, 2.45) is 17.3 Å². The Morgan fingerprint density at radius 1 is 1.21 bits per heavy atom. The van der Waals surface area contributed by atoms with Crippen LogP contribution in [0.4, 0.5) is 0 Å². The maximum Gasteiger partial charge on any atom is 0.310 e. The van der Waals surface area contributed by atoms with Crippen LogP contribution >= 0.6 is 0 Å². The molecule has 0 aliphatic rings. The van der Waals surface area contributed by atoms with E-state index in [1.54, 1.807) is 18.9 Å². The molecular formula is C15H29NO3. The average molecular weight is 271 g/mol. The summed E-state index contributed by atoms with van der Waals surface area (Å²) >= 11 is 0. The van der Waals surface area contributed by atoms with Crippen LogP contribution in [0.5, 0.6) is 0 Å². The molecule has 0 aromatic carbocycles. The number of methoxy groups -OCH3 is 1. The van der Waals surface area contributed by atoms with Crippen molar-refractivity contribution in [1.82, 2.24) is 4.90 Å². The van der Waals surface area contributed by atoms with Crippen molar-refractivity contribution in [2.75, 3.05) is 20.7 Å². The quantitative estimate of drug-likeness (QED) is 0.698. The highest BCUT2D eigenvalue weighted by atomic mass is 16.5. The SMILES string of the molecule is COC(=O)C(C)CN(C)C(=O)CC(C)CC(C)(C)C. The first-order valence-corrected chi connectivity index (χ1v) is 6.88. The summed E-state index contributed by atoms with van der Waals surface area (Å²) in [6.07, 6.45) is 1.54. The van der Waals surface area contributed by atoms with Gasteiger partial charge in [-0.15, -0.1) is 0 Å². The molecule has 0 heterocycles. The summed E-state index contributed by atoms with van der Waals surface area (Å²) in [5, 5.41) is 0. The molecule has 4 heteroatoms. The van der Waals surface area contributed by atoms with Crippen molar-refractivity contribution >= 4 is 11.9 Å². The zero-order valence-electron chi connectivity index (χ0n) is 13.4. The van der Waals surface area contributed by atoms with Crippen LogP contribution in [0.25, 0.3) is 0 Å². The number of esters is 1. The van der Waals surface area contributed by atoms with Gasteiger partial charge in [-0.3, -0.25) is 9.59 Å². The average Bonchev–Trinajstić information content (AvgIpc) is 2.24. The molecule has 0 rings (SSSR count). The number of hydrogen-bond acceptors (Lipinski definition) is 3. The second kappa shape index (κ2) is 7.51. The van der Waals surface area contributed by atoms with E-state index < -0.39 is 0 Å². The Balaban J connectivity index is 4.24. The van der Waals surface area contributed by atoms with Gasteiger partial charge in [0.2, 0.25) is 5.91 Å². The van der Waals surface area contributed by atoms with Gasteiger partial charge in [0, 0.05) is 20.0 Å². The molecule has 0 aliphatic carbocycles. The van der Waals surface area contributed by atoms with Crippen molar-refractivity contribution < 1.29 is 14.3 Å². The largest absolute Gasteiger partial charge is 0.469 e. The van der Waals surface area contributed by atoms with Crippen LogP contribution in [0.1, 0.15) is 47.5 Å². The first kappa shape index (κ1) is 17.9. The Morgan fingerprint density at radius 2 is 1.74 bits per heavy atom. The van der Waals surface area contributed by atoms with Crippen molar-refractivity contribution in [3.63, 3.8) is 0 Å². The number of ether oxygens (including phenoxy) is 1. The molecule has 0 bridgehead atoms. The van der Waals surface area contributed by atoms with Crippen LogP contribution in [0.3, 0.4) is 0 Å². The summed E-state index contributed by atoms with van der Waals surface area (Å²) in [6.45, 7) is 10.8. The Morgan fingerprint density at radius 3 is 2.16 bits per heavy atom. The van der Waals surface area contributed by atoms with E-state index in [2.05, 4.69) is 32.4 Å². The predicted molar refractivity (Wildman–Crippen MR) is 76.7 cm³/mol. The third-order valence-corrected chi connectivity index (χ3v) is 3.06. The van der Waals surface area contributed by atoms with Gasteiger partial charge in [-0.1, -0.05) is 34.6 Å². The second-order valence-electron chi connectivity index (χ2n) is 6.77. The first-order valence-electron chi connectivity index (χ1n) is 6.88. The van der Waals surface area contributed by atoms with E-state index in [1.807, 2.05) is 0 Å². The maximum absolute atomic E-state index is 12.1. The Hall–Kier alpha value is -1.06. The molecule has 2 atom stereocenters. The Bertz CT molecular complexity index is 307. The van der Waals surface area contributed by atoms with Crippen molar-refractivity contribution in [3.05, 3.63) is 0 Å². The standard InChI is InChI=1S/C15H29NO3/c1-11(9-15(3,4)5)8-13(17)16(6)10-12(2)14(18)19-7/h11-12H,8-10H2,1-7H3. The fraction of sp³-hybridized carbons (Fsp3) is 0.867. The third kappa shape index (κ3) is 7.85. The predicted octanol–water partition coefficient (Wildman–Crippen LogP) is 2.72. The summed E-state index contributed by atoms with van der Waals surface area (Å²) in [5.74, 6) is -0.116. The molecular weight excluding hydrogens is 242 g/mol. The van der Waals surface area contributed by atoms with Crippen LogP contribution in [-0.4, -0.2) is 37.5 Å². The summed E-state index contributed by atoms with van der Waals surface area (Å²) in [4.78, 5) is 25.0. The minimum absolute atomic E-state index is 0.0903. The molecule has 2 unspecified atom stereocenters. The molecule has 19 heavy (non-hydrogen) atoms. The van der Waals surface area contributed by atoms with Gasteiger partial charge in [0.25, 0.3) is 0 Å². The molecule has 1 amide bonds. The molecule has 0 N–H and O–H groups in total. The molecule has 0 aliphatic heterocycles. The number of carbonyl (C=O) groups is 2. The zero-order valence-corrected chi connectivity index (χ0v) is 13.4. The summed E-state index contributed by atoms with van der Waals surface area (Å²) in [5.41, 5.74) is 0.234. The van der Waals surface area contributed by atoms with Crippen LogP contribution < -0.4 is 0 Å². The molecule has 0 saturated heterocycles. The lowest BCUT2D eigenvalue weighted by atomic mass is 9.84. The molecule has 0 saturated carbocycles. The fourth-order valence-corrected chi connectivity index (χ4v) is 2.36. The van der Waals surface area contributed by atoms with Gasteiger partial charge in [0.05, 0.1) is 13.0 Å². The van der Waals surface area contributed by atoms with Gasteiger partial charge in [-0.05, 0) is 17.8 Å². The number of hydrogen-bond donors (Lipinski definition) is 0. The molecule has 112 valence electrons. The highest BCUT2D eigenvalue weighted by molar-refractivity contribution is 5.77. The Kier molecular flexibility index (Phi) is 7.09. The number of rotatable bonds is 6. The molecule has 0 radical (unpaired) electrons. The molecule has 4 nitrogen and oxygen atoms in total. The van der Waals surface area contributed by atoms with Gasteiger partial charge >= 0.3 is 5.97 Å². The van der Waals surface area contributed by atoms with Crippen LogP contribution in [-0.2, 0) is 14.3 Å². The number of nitrogens with zero attached hydrogens (tertiary/aromatic N) is 1. The molecule has 0 aromatic heterocycles. The number of carbonyl (C=O) groups excluding carboxylic acids is 2. The second-order valence-corrected chi connectivity index (χ2v) is 6.77. The lowest BCUT2D eigenvalue weighted by Gasteiger charge is -2.25. The van der Waals surface area contributed by atoms with E-state index in [4.69, 9.17) is 0 Å². The lowest BCUT2D eigenvalue weighted by molar-refractivity contribution is -0.146. The van der Waals surface area contributed by atoms with Gasteiger partial charge < -0.3 is 9.64 Å². The van der Waals surface area contributed by atoms with Crippen molar-refractivity contribution in [3.8, 4) is 0 Å². The smallest absolute Gasteiger partial charge is 0.310 e. The van der Waals surface area contributed by atoms with Crippen molar-refractivity contribution in [1.29, 1.82) is 0 Å². The topological polar surface area (TPSA) is 46.6 Å². The first-order chi connectivity index (χ1) is 8.56. The van der Waals surface area contributed by atoms with E-state index in [-0.39, 0.29) is 23.2 Å². The highest BCUT2D eigenvalue weighted by Gasteiger charge is 2.22. The minimum Gasteiger partial charge on any atom is -0.469 e. The number of amides is 1. The van der Waals surface area contributed by atoms with E-state index in [0.29, 0.717) is 18.9 Å². The lowest BCUT2D eigenvalue weighted by Crippen LogP contribution is -2.35. The van der Waals surface area contributed by atoms with Gasteiger partial charge in [-0.25, -0.2) is 0 Å². The van der Waals surface area contributed by atoms with Crippen LogP contribution in [0.15, 0.2) is 0 Å². The normalized spacial score (nSPS) is 14.7. The van der Waals surface area contributed by atoms with E-state index in [0.717, 1.165) is 6.42 Å². The van der Waals surface area contributed by atoms with Gasteiger partial charge in [0.1, 0.15) is 0 Å². The summed E-state index contributed by atoms with van der Waals surface area (Å²) < 4.78 is 4.66. The van der Waals surface area contributed by atoms with Gasteiger partial charge in [0.15, 0.2) is 0 Å². The molecule has 0 spiro atoms. The maximum atomic E-state index is 12.1. The molecule has 0 aromatic rings. The van der Waals surface area contributed by atoms with Crippen molar-refractivity contribution in [2.45, 2.75) is 47.5 Å². The van der Waals surface area contributed by atoms with E-state index >= 15 is 0 Å². The van der Waals surface area contributed by atoms with Gasteiger partial charge in [-0.2, -0.15) is 0 Å². The van der Waals surface area contributed by atoms with E-state index in [9.17, 15) is 9.59 Å². The fourth-order valence-electron chi connectivity index (χ4n) is 2.36. The van der Waals surface area contributed by atoms with E-state index in [1.165, 1.54) is 7.11 Å². The Labute approximate surface area is 117 Å². The highest BCUT2D eigenvalue weighted by Crippen LogP contribution is 2.26. The minimum atomic E-state index is -0.281. The monoisotopic (exact) mass is 271 g/mol. The third-order valence-electron chi connectivity index (χ3n) is 3.06. The summed E-state index contributed by atoms with van der Waals surface area (Å²) in [6, 6.07) is 0.